The fourth-order valence-corrected chi connectivity index (χ4v) is 2.15. The lowest BCUT2D eigenvalue weighted by atomic mass is 10.1. The molecule has 1 saturated heterocycles. The zero-order valence-electron chi connectivity index (χ0n) is 13.3. The van der Waals surface area contributed by atoms with Gasteiger partial charge in [-0.05, 0) is 18.2 Å². The summed E-state index contributed by atoms with van der Waals surface area (Å²) in [5.41, 5.74) is -0.691. The highest BCUT2D eigenvalue weighted by Gasteiger charge is 2.55. The molecular formula is C15H14NO9+. The summed E-state index contributed by atoms with van der Waals surface area (Å²) >= 11 is 0. The number of hydroxylamine groups is 4. The van der Waals surface area contributed by atoms with Gasteiger partial charge in [0, 0.05) is 0 Å². The Morgan fingerprint density at radius 1 is 0.840 bits per heavy atom. The topological polar surface area (TPSA) is 133 Å². The molecule has 1 N–H and O–H groups in total. The lowest BCUT2D eigenvalue weighted by Crippen LogP contribution is -2.50. The Hall–Kier alpha value is -3.11. The van der Waals surface area contributed by atoms with Crippen LogP contribution in [-0.4, -0.2) is 54.0 Å². The summed E-state index contributed by atoms with van der Waals surface area (Å²) in [6, 6.07) is 3.18. The van der Waals surface area contributed by atoms with Crippen LogP contribution in [0.1, 0.15) is 43.9 Å². The number of quaternary nitrogens is 1. The lowest BCUT2D eigenvalue weighted by Gasteiger charge is -2.16. The molecule has 1 fully saturated rings. The summed E-state index contributed by atoms with van der Waals surface area (Å²) in [5.74, 6) is -4.99. The van der Waals surface area contributed by atoms with E-state index in [1.165, 1.54) is 0 Å². The lowest BCUT2D eigenvalue weighted by molar-refractivity contribution is -1.12. The fraction of sp³-hybridized carbons (Fsp3) is 0.267. The molecule has 0 radical (unpaired) electrons. The molecule has 0 unspecified atom stereocenters. The van der Waals surface area contributed by atoms with Crippen LogP contribution in [0.5, 0.6) is 0 Å². The van der Waals surface area contributed by atoms with Crippen molar-refractivity contribution in [2.24, 2.45) is 0 Å². The van der Waals surface area contributed by atoms with Crippen molar-refractivity contribution in [2.75, 3.05) is 14.2 Å². The third kappa shape index (κ3) is 3.39. The molecule has 10 heteroatoms. The van der Waals surface area contributed by atoms with Gasteiger partial charge in [-0.15, -0.1) is 0 Å². The van der Waals surface area contributed by atoms with Crippen LogP contribution in [0.4, 0.5) is 0 Å². The summed E-state index contributed by atoms with van der Waals surface area (Å²) in [6.45, 7) is 0. The number of carbonyl (C=O) groups is 5. The second-order valence-corrected chi connectivity index (χ2v) is 5.02. The summed E-state index contributed by atoms with van der Waals surface area (Å²) < 4.78 is 9.04. The van der Waals surface area contributed by atoms with E-state index >= 15 is 0 Å². The third-order valence-corrected chi connectivity index (χ3v) is 3.45. The Kier molecular flexibility index (Phi) is 4.95. The number of hydrogen-bond donors (Lipinski definition) is 1. The summed E-state index contributed by atoms with van der Waals surface area (Å²) in [6.07, 6.45) is -0.559. The number of imide groups is 1. The molecule has 0 atom stereocenters. The van der Waals surface area contributed by atoms with Gasteiger partial charge in [0.25, 0.3) is 0 Å². The minimum Gasteiger partial charge on any atom is -0.465 e. The van der Waals surface area contributed by atoms with Crippen LogP contribution in [-0.2, 0) is 23.9 Å². The standard InChI is InChI=1S/C15H14NO9/c1-23-13(19)8-5-9(14(20)24-2)7-10(6-8)15(21)25-16(22)11(17)3-4-12(16)18/h5-7,22H,3-4H2,1-2H3/q+1. The van der Waals surface area contributed by atoms with E-state index < -0.39 is 34.5 Å². The Labute approximate surface area is 141 Å². The molecule has 0 aliphatic carbocycles. The maximum Gasteiger partial charge on any atom is 0.403 e. The van der Waals surface area contributed by atoms with E-state index in [0.717, 1.165) is 32.4 Å². The quantitative estimate of drug-likeness (QED) is 0.353. The van der Waals surface area contributed by atoms with Gasteiger partial charge in [0.05, 0.1) is 43.8 Å². The van der Waals surface area contributed by atoms with Crippen molar-refractivity contribution in [3.63, 3.8) is 0 Å². The number of amides is 2. The van der Waals surface area contributed by atoms with Crippen molar-refractivity contribution in [3.05, 3.63) is 34.9 Å². The number of nitrogens with zero attached hydrogens (tertiary/aromatic N) is 1. The van der Waals surface area contributed by atoms with E-state index in [1.54, 1.807) is 0 Å². The number of benzene rings is 1. The van der Waals surface area contributed by atoms with Crippen LogP contribution in [0.2, 0.25) is 0 Å². The Bertz CT molecular complexity index is 733. The zero-order valence-corrected chi connectivity index (χ0v) is 13.3. The number of esters is 2. The van der Waals surface area contributed by atoms with E-state index in [4.69, 9.17) is 0 Å². The molecule has 25 heavy (non-hydrogen) atoms. The molecule has 0 saturated carbocycles. The van der Waals surface area contributed by atoms with Crippen LogP contribution in [0, 0.1) is 0 Å². The highest BCUT2D eigenvalue weighted by molar-refractivity contribution is 6.01. The van der Waals surface area contributed by atoms with Crippen LogP contribution < -0.4 is 0 Å². The van der Waals surface area contributed by atoms with E-state index in [2.05, 4.69) is 14.3 Å². The van der Waals surface area contributed by atoms with Crippen LogP contribution in [0.25, 0.3) is 0 Å². The minimum atomic E-state index is -2.12. The molecule has 1 heterocycles. The molecule has 0 bridgehead atoms. The van der Waals surface area contributed by atoms with Crippen molar-refractivity contribution < 1.29 is 48.3 Å². The minimum absolute atomic E-state index is 0.166. The molecule has 0 aromatic heterocycles. The van der Waals surface area contributed by atoms with Gasteiger partial charge in [-0.2, -0.15) is 5.21 Å². The number of ether oxygens (including phenoxy) is 2. The molecular weight excluding hydrogens is 338 g/mol. The Morgan fingerprint density at radius 2 is 1.20 bits per heavy atom. The molecule has 132 valence electrons. The normalized spacial score (nSPS) is 15.6. The highest BCUT2D eigenvalue weighted by Crippen LogP contribution is 2.23. The first kappa shape index (κ1) is 18.2. The first-order valence-electron chi connectivity index (χ1n) is 6.97. The van der Waals surface area contributed by atoms with Gasteiger partial charge >= 0.3 is 29.7 Å². The van der Waals surface area contributed by atoms with Gasteiger partial charge < -0.3 is 9.47 Å². The number of methoxy groups -OCH3 is 2. The second kappa shape index (κ2) is 6.79. The first-order valence-corrected chi connectivity index (χ1v) is 6.97. The van der Waals surface area contributed by atoms with Crippen molar-refractivity contribution in [1.82, 2.24) is 0 Å². The van der Waals surface area contributed by atoms with Gasteiger partial charge in [-0.3, -0.25) is 0 Å². The van der Waals surface area contributed by atoms with E-state index in [1.807, 2.05) is 0 Å². The second-order valence-electron chi connectivity index (χ2n) is 5.02. The monoisotopic (exact) mass is 352 g/mol. The molecule has 10 nitrogen and oxygen atoms in total. The number of carbonyl (C=O) groups excluding carboxylic acids is 5. The van der Waals surface area contributed by atoms with Gasteiger partial charge in [0.15, 0.2) is 0 Å². The van der Waals surface area contributed by atoms with E-state index in [-0.39, 0.29) is 29.5 Å². The molecule has 1 aliphatic rings. The first-order chi connectivity index (χ1) is 11.7. The van der Waals surface area contributed by atoms with Gasteiger partial charge in [0.2, 0.25) is 0 Å². The van der Waals surface area contributed by atoms with Crippen LogP contribution in [0.3, 0.4) is 0 Å². The van der Waals surface area contributed by atoms with Crippen molar-refractivity contribution in [1.29, 1.82) is 0 Å². The number of hydrogen-bond acceptors (Lipinski definition) is 9. The molecule has 1 aliphatic heterocycles. The van der Waals surface area contributed by atoms with Crippen molar-refractivity contribution in [2.45, 2.75) is 12.8 Å². The maximum atomic E-state index is 12.2. The summed E-state index contributed by atoms with van der Waals surface area (Å²) in [4.78, 5) is 61.2. The molecule has 1 aromatic rings. The van der Waals surface area contributed by atoms with Gasteiger partial charge in [0.1, 0.15) is 4.81 Å². The summed E-state index contributed by atoms with van der Waals surface area (Å²) in [5, 5.41) is 9.92. The van der Waals surface area contributed by atoms with Crippen molar-refractivity contribution in [3.8, 4) is 0 Å². The highest BCUT2D eigenvalue weighted by atomic mass is 17.0. The SMILES string of the molecule is COC(=O)c1cc(C(=O)OC)cc(C(=O)O[N+]2(O)C(=O)CCC2=O)c1. The molecule has 2 amide bonds. The Balaban J connectivity index is 2.41. The smallest absolute Gasteiger partial charge is 0.403 e. The largest absolute Gasteiger partial charge is 0.465 e. The average Bonchev–Trinajstić information content (AvgIpc) is 2.86. The van der Waals surface area contributed by atoms with Gasteiger partial charge in [-0.25, -0.2) is 28.8 Å². The van der Waals surface area contributed by atoms with Crippen LogP contribution >= 0.6 is 0 Å². The summed E-state index contributed by atoms with van der Waals surface area (Å²) in [7, 11) is 2.20. The molecule has 2 rings (SSSR count). The fourth-order valence-electron chi connectivity index (χ4n) is 2.15. The Morgan fingerprint density at radius 3 is 1.56 bits per heavy atom. The van der Waals surface area contributed by atoms with E-state index in [9.17, 15) is 29.2 Å². The molecule has 1 aromatic carbocycles. The molecule has 0 spiro atoms. The zero-order chi connectivity index (χ0) is 18.8. The van der Waals surface area contributed by atoms with Gasteiger partial charge in [-0.1, -0.05) is 0 Å². The van der Waals surface area contributed by atoms with Crippen molar-refractivity contribution >= 4 is 29.7 Å². The van der Waals surface area contributed by atoms with Crippen LogP contribution in [0.15, 0.2) is 18.2 Å². The predicted molar refractivity (Wildman–Crippen MR) is 75.8 cm³/mol. The third-order valence-electron chi connectivity index (χ3n) is 3.45. The van der Waals surface area contributed by atoms with E-state index in [0.29, 0.717) is 0 Å². The predicted octanol–water partition coefficient (Wildman–Crippen LogP) is 0.385. The number of rotatable bonds is 4. The average molecular weight is 352 g/mol. The maximum absolute atomic E-state index is 12.2.